The molecule has 1 N–H and O–H groups in total. The molecule has 0 aliphatic carbocycles. The Morgan fingerprint density at radius 3 is 2.67 bits per heavy atom. The van der Waals surface area contributed by atoms with Crippen molar-refractivity contribution in [3.63, 3.8) is 0 Å². The van der Waals surface area contributed by atoms with Crippen LogP contribution in [-0.2, 0) is 20.7 Å². The standard InChI is InChI=1S/C32H33FN2O7/c1-39-27-12-7-21-18-28(27)41-16-4-14-34-32(38)25-19-23(9-11-26(25)33)42-22-8-10-24-20(17-22)13-15-35(31(21)24)29(36)5-3-6-30(37)40-2/h7-12,17-19,31H,3-6,13-16H2,1-2H3,(H,34,38). The average molecular weight is 577 g/mol. The summed E-state index contributed by atoms with van der Waals surface area (Å²) < 4.78 is 36.9. The number of hydrogen-bond acceptors (Lipinski definition) is 7. The van der Waals surface area contributed by atoms with Crippen LogP contribution in [0.25, 0.3) is 0 Å². The monoisotopic (exact) mass is 576 g/mol. The molecule has 0 saturated carbocycles. The zero-order chi connectivity index (χ0) is 29.6. The van der Waals surface area contributed by atoms with Gasteiger partial charge in [0.2, 0.25) is 5.91 Å². The molecule has 6 rings (SSSR count). The van der Waals surface area contributed by atoms with Gasteiger partial charge in [-0.05, 0) is 78.4 Å². The van der Waals surface area contributed by atoms with E-state index >= 15 is 0 Å². The van der Waals surface area contributed by atoms with Crippen molar-refractivity contribution in [2.45, 2.75) is 38.1 Å². The van der Waals surface area contributed by atoms with E-state index in [4.69, 9.17) is 18.9 Å². The fourth-order valence-corrected chi connectivity index (χ4v) is 5.33. The van der Waals surface area contributed by atoms with Crippen molar-refractivity contribution in [3.8, 4) is 23.0 Å². The van der Waals surface area contributed by atoms with Gasteiger partial charge in [-0.15, -0.1) is 0 Å². The van der Waals surface area contributed by atoms with E-state index in [0.717, 1.165) is 16.7 Å². The summed E-state index contributed by atoms with van der Waals surface area (Å²) in [6.07, 6.45) is 1.82. The van der Waals surface area contributed by atoms with Crippen LogP contribution in [0.4, 0.5) is 4.39 Å². The number of esters is 1. The maximum absolute atomic E-state index is 14.5. The minimum atomic E-state index is -0.642. The predicted molar refractivity (Wildman–Crippen MR) is 151 cm³/mol. The lowest BCUT2D eigenvalue weighted by atomic mass is 9.87. The number of fused-ring (bicyclic) bond motifs is 6. The Kier molecular flexibility index (Phi) is 8.90. The highest BCUT2D eigenvalue weighted by Gasteiger charge is 2.33. The molecule has 10 heteroatoms. The van der Waals surface area contributed by atoms with Crippen molar-refractivity contribution in [1.82, 2.24) is 10.2 Å². The van der Waals surface area contributed by atoms with Crippen LogP contribution in [0, 0.1) is 5.82 Å². The molecule has 9 nitrogen and oxygen atoms in total. The van der Waals surface area contributed by atoms with Gasteiger partial charge in [-0.1, -0.05) is 12.1 Å². The quantitative estimate of drug-likeness (QED) is 0.429. The molecule has 1 unspecified atom stereocenters. The lowest BCUT2D eigenvalue weighted by molar-refractivity contribution is -0.141. The summed E-state index contributed by atoms with van der Waals surface area (Å²) in [5.41, 5.74) is 2.67. The third kappa shape index (κ3) is 6.32. The summed E-state index contributed by atoms with van der Waals surface area (Å²) in [4.78, 5) is 39.6. The van der Waals surface area contributed by atoms with Crippen LogP contribution < -0.4 is 19.5 Å². The zero-order valence-corrected chi connectivity index (χ0v) is 23.6. The van der Waals surface area contributed by atoms with Gasteiger partial charge >= 0.3 is 5.97 Å². The van der Waals surface area contributed by atoms with Crippen LogP contribution in [0.5, 0.6) is 23.0 Å². The summed E-state index contributed by atoms with van der Waals surface area (Å²) >= 11 is 0. The van der Waals surface area contributed by atoms with E-state index in [2.05, 4.69) is 5.32 Å². The molecule has 0 fully saturated rings. The van der Waals surface area contributed by atoms with E-state index in [0.29, 0.717) is 48.8 Å². The van der Waals surface area contributed by atoms with E-state index in [9.17, 15) is 18.8 Å². The van der Waals surface area contributed by atoms with Crippen LogP contribution in [0.2, 0.25) is 0 Å². The molecule has 220 valence electrons. The van der Waals surface area contributed by atoms with Gasteiger partial charge in [-0.3, -0.25) is 14.4 Å². The van der Waals surface area contributed by atoms with Crippen molar-refractivity contribution in [2.75, 3.05) is 33.9 Å². The molecule has 3 heterocycles. The van der Waals surface area contributed by atoms with Crippen molar-refractivity contribution in [2.24, 2.45) is 0 Å². The fourth-order valence-electron chi connectivity index (χ4n) is 5.33. The average Bonchev–Trinajstić information content (AvgIpc) is 3.00. The Bertz CT molecular complexity index is 1490. The van der Waals surface area contributed by atoms with Gasteiger partial charge in [-0.2, -0.15) is 0 Å². The second-order valence-electron chi connectivity index (χ2n) is 10.1. The first-order valence-corrected chi connectivity index (χ1v) is 13.9. The Morgan fingerprint density at radius 1 is 1.05 bits per heavy atom. The number of ether oxygens (including phenoxy) is 4. The molecule has 0 saturated heterocycles. The molecule has 0 radical (unpaired) electrons. The van der Waals surface area contributed by atoms with Crippen molar-refractivity contribution in [3.05, 3.63) is 82.7 Å². The number of hydrogen-bond donors (Lipinski definition) is 1. The highest BCUT2D eigenvalue weighted by atomic mass is 19.1. The number of methoxy groups -OCH3 is 2. The maximum atomic E-state index is 14.5. The van der Waals surface area contributed by atoms with Crippen LogP contribution in [0.1, 0.15) is 58.8 Å². The number of nitrogens with zero attached hydrogens (tertiary/aromatic N) is 1. The van der Waals surface area contributed by atoms with Gasteiger partial charge < -0.3 is 29.2 Å². The van der Waals surface area contributed by atoms with Gasteiger partial charge in [0.25, 0.3) is 5.91 Å². The Hall–Kier alpha value is -4.60. The van der Waals surface area contributed by atoms with E-state index in [1.807, 2.05) is 35.2 Å². The summed E-state index contributed by atoms with van der Waals surface area (Å²) in [7, 11) is 2.89. The van der Waals surface area contributed by atoms with Gasteiger partial charge in [0.05, 0.1) is 32.4 Å². The first-order valence-electron chi connectivity index (χ1n) is 13.9. The SMILES string of the molecule is COC(=O)CCCC(=O)N1CCc2cc3ccc2C1c1ccc(OC)c(c1)OCCCNC(=O)c1cc(ccc1F)O3. The fraction of sp³-hybridized carbons (Fsp3) is 0.344. The molecule has 0 spiro atoms. The molecular weight excluding hydrogens is 543 g/mol. The minimum absolute atomic E-state index is 0.0649. The summed E-state index contributed by atoms with van der Waals surface area (Å²) in [6, 6.07) is 14.9. The maximum Gasteiger partial charge on any atom is 0.305 e. The lowest BCUT2D eigenvalue weighted by Crippen LogP contribution is -2.40. The van der Waals surface area contributed by atoms with E-state index in [1.54, 1.807) is 13.2 Å². The number of nitrogens with one attached hydrogen (secondary N) is 1. The molecule has 3 aliphatic rings. The van der Waals surface area contributed by atoms with Crippen LogP contribution in [0.3, 0.4) is 0 Å². The van der Waals surface area contributed by atoms with Crippen LogP contribution in [-0.4, -0.2) is 56.6 Å². The van der Waals surface area contributed by atoms with Gasteiger partial charge in [0, 0.05) is 25.9 Å². The van der Waals surface area contributed by atoms with Gasteiger partial charge in [-0.25, -0.2) is 4.39 Å². The number of carbonyl (C=O) groups is 3. The minimum Gasteiger partial charge on any atom is -0.493 e. The van der Waals surface area contributed by atoms with Gasteiger partial charge in [0.15, 0.2) is 11.5 Å². The Labute approximate surface area is 243 Å². The van der Waals surface area contributed by atoms with E-state index in [-0.39, 0.29) is 43.4 Å². The van der Waals surface area contributed by atoms with E-state index < -0.39 is 17.8 Å². The number of rotatable bonds is 5. The highest BCUT2D eigenvalue weighted by molar-refractivity contribution is 5.94. The number of benzene rings is 3. The molecule has 3 aromatic carbocycles. The molecule has 3 aliphatic heterocycles. The number of amides is 2. The largest absolute Gasteiger partial charge is 0.493 e. The second kappa shape index (κ2) is 12.9. The van der Waals surface area contributed by atoms with Crippen molar-refractivity contribution in [1.29, 1.82) is 0 Å². The van der Waals surface area contributed by atoms with Gasteiger partial charge in [0.1, 0.15) is 17.3 Å². The first-order chi connectivity index (χ1) is 20.4. The predicted octanol–water partition coefficient (Wildman–Crippen LogP) is 4.96. The molecule has 42 heavy (non-hydrogen) atoms. The molecule has 0 aromatic heterocycles. The molecule has 2 amide bonds. The normalized spacial score (nSPS) is 16.3. The molecular formula is C32H33FN2O7. The third-order valence-electron chi connectivity index (χ3n) is 7.45. The Balaban J connectivity index is 1.54. The van der Waals surface area contributed by atoms with Crippen molar-refractivity contribution >= 4 is 17.8 Å². The summed E-state index contributed by atoms with van der Waals surface area (Å²) in [6.45, 7) is 1.000. The topological polar surface area (TPSA) is 103 Å². The lowest BCUT2D eigenvalue weighted by Gasteiger charge is -2.38. The molecule has 1 atom stereocenters. The van der Waals surface area contributed by atoms with Crippen molar-refractivity contribution < 1.29 is 37.7 Å². The summed E-state index contributed by atoms with van der Waals surface area (Å²) in [5, 5.41) is 2.73. The smallest absolute Gasteiger partial charge is 0.305 e. The second-order valence-corrected chi connectivity index (χ2v) is 10.1. The molecule has 3 aromatic rings. The van der Waals surface area contributed by atoms with E-state index in [1.165, 1.54) is 25.3 Å². The Morgan fingerprint density at radius 2 is 1.86 bits per heavy atom. The third-order valence-corrected chi connectivity index (χ3v) is 7.45. The number of carbonyl (C=O) groups excluding carboxylic acids is 3. The highest BCUT2D eigenvalue weighted by Crippen LogP contribution is 2.41. The molecule has 8 bridgehead atoms. The zero-order valence-electron chi connectivity index (χ0n) is 23.6. The first kappa shape index (κ1) is 28.9. The number of halogens is 1. The van der Waals surface area contributed by atoms with Crippen LogP contribution in [0.15, 0.2) is 54.6 Å². The van der Waals surface area contributed by atoms with Crippen LogP contribution >= 0.6 is 0 Å². The summed E-state index contributed by atoms with van der Waals surface area (Å²) in [5.74, 6) is 0.312.